The average Bonchev–Trinajstić information content (AvgIpc) is 2.88. The summed E-state index contributed by atoms with van der Waals surface area (Å²) >= 11 is 0. The van der Waals surface area contributed by atoms with Gasteiger partial charge < -0.3 is 9.47 Å². The van der Waals surface area contributed by atoms with E-state index < -0.39 is 0 Å². The fourth-order valence-corrected chi connectivity index (χ4v) is 2.96. The van der Waals surface area contributed by atoms with Crippen molar-refractivity contribution in [1.82, 2.24) is 0 Å². The van der Waals surface area contributed by atoms with Crippen LogP contribution in [0.15, 0.2) is 12.2 Å². The largest absolute Gasteiger partial charge is 0.469 e. The summed E-state index contributed by atoms with van der Waals surface area (Å²) in [6.07, 6.45) is 5.45. The van der Waals surface area contributed by atoms with Crippen LogP contribution in [0.3, 0.4) is 0 Å². The van der Waals surface area contributed by atoms with Gasteiger partial charge in [0.25, 0.3) is 0 Å². The van der Waals surface area contributed by atoms with E-state index in [2.05, 4.69) is 16.9 Å². The van der Waals surface area contributed by atoms with Crippen LogP contribution in [0.25, 0.3) is 0 Å². The lowest BCUT2D eigenvalue weighted by molar-refractivity contribution is -0.149. The van der Waals surface area contributed by atoms with Crippen LogP contribution in [0.2, 0.25) is 0 Å². The number of esters is 2. The predicted molar refractivity (Wildman–Crippen MR) is 56.4 cm³/mol. The number of ether oxygens (including phenoxy) is 2. The molecule has 4 nitrogen and oxygen atoms in total. The molecule has 2 bridgehead atoms. The lowest BCUT2D eigenvalue weighted by atomic mass is 9.81. The molecule has 0 aromatic carbocycles. The van der Waals surface area contributed by atoms with Gasteiger partial charge in [-0.25, -0.2) is 0 Å². The second-order valence-corrected chi connectivity index (χ2v) is 4.44. The van der Waals surface area contributed by atoms with Gasteiger partial charge in [-0.05, 0) is 24.2 Å². The van der Waals surface area contributed by atoms with Crippen molar-refractivity contribution >= 4 is 11.9 Å². The van der Waals surface area contributed by atoms with E-state index in [-0.39, 0.29) is 29.7 Å². The first-order valence-electron chi connectivity index (χ1n) is 5.50. The molecule has 4 atom stereocenters. The zero-order valence-electron chi connectivity index (χ0n) is 9.51. The van der Waals surface area contributed by atoms with Gasteiger partial charge in [-0.1, -0.05) is 12.2 Å². The van der Waals surface area contributed by atoms with Gasteiger partial charge in [-0.15, -0.1) is 0 Å². The van der Waals surface area contributed by atoms with E-state index in [9.17, 15) is 9.59 Å². The summed E-state index contributed by atoms with van der Waals surface area (Å²) in [6, 6.07) is 0. The Hall–Kier alpha value is -1.32. The second kappa shape index (κ2) is 4.28. The molecule has 88 valence electrons. The zero-order valence-corrected chi connectivity index (χ0v) is 9.51. The molecule has 0 spiro atoms. The Balaban J connectivity index is 2.12. The van der Waals surface area contributed by atoms with E-state index in [0.29, 0.717) is 12.3 Å². The molecule has 16 heavy (non-hydrogen) atoms. The molecule has 0 N–H and O–H groups in total. The van der Waals surface area contributed by atoms with E-state index in [4.69, 9.17) is 4.74 Å². The summed E-state index contributed by atoms with van der Waals surface area (Å²) < 4.78 is 9.47. The molecule has 0 aromatic heterocycles. The quantitative estimate of drug-likeness (QED) is 0.533. The Morgan fingerprint density at radius 1 is 1.19 bits per heavy atom. The first-order chi connectivity index (χ1) is 7.67. The molecule has 2 rings (SSSR count). The SMILES string of the molecule is COC(=O)CC1C2C=CC(C2)C1C(=O)OC. The third-order valence-electron chi connectivity index (χ3n) is 3.73. The average molecular weight is 224 g/mol. The summed E-state index contributed by atoms with van der Waals surface area (Å²) in [5.41, 5.74) is 0. The molecule has 0 radical (unpaired) electrons. The Morgan fingerprint density at radius 3 is 2.50 bits per heavy atom. The van der Waals surface area contributed by atoms with Gasteiger partial charge >= 0.3 is 11.9 Å². The van der Waals surface area contributed by atoms with Gasteiger partial charge in [0.2, 0.25) is 0 Å². The number of rotatable bonds is 3. The van der Waals surface area contributed by atoms with Gasteiger partial charge in [0, 0.05) is 6.42 Å². The molecule has 0 aliphatic heterocycles. The van der Waals surface area contributed by atoms with Crippen LogP contribution in [-0.2, 0) is 19.1 Å². The van der Waals surface area contributed by atoms with Crippen LogP contribution in [0, 0.1) is 23.7 Å². The molecule has 2 aliphatic rings. The zero-order chi connectivity index (χ0) is 11.7. The Bertz CT molecular complexity index is 334. The van der Waals surface area contributed by atoms with Crippen LogP contribution in [-0.4, -0.2) is 26.2 Å². The molecular formula is C12H16O4. The maximum absolute atomic E-state index is 11.7. The van der Waals surface area contributed by atoms with Crippen LogP contribution < -0.4 is 0 Å². The van der Waals surface area contributed by atoms with Crippen molar-refractivity contribution in [3.63, 3.8) is 0 Å². The highest BCUT2D eigenvalue weighted by Crippen LogP contribution is 2.49. The molecule has 0 saturated heterocycles. The highest BCUT2D eigenvalue weighted by Gasteiger charge is 2.49. The number of fused-ring (bicyclic) bond motifs is 2. The van der Waals surface area contributed by atoms with Crippen molar-refractivity contribution in [3.8, 4) is 0 Å². The van der Waals surface area contributed by atoms with Gasteiger partial charge in [0.15, 0.2) is 0 Å². The van der Waals surface area contributed by atoms with Gasteiger partial charge in [-0.3, -0.25) is 9.59 Å². The topological polar surface area (TPSA) is 52.6 Å². The lowest BCUT2D eigenvalue weighted by Crippen LogP contribution is -2.30. The summed E-state index contributed by atoms with van der Waals surface area (Å²) in [7, 11) is 2.77. The first kappa shape index (κ1) is 11.2. The third kappa shape index (κ3) is 1.72. The van der Waals surface area contributed by atoms with E-state index in [1.807, 2.05) is 0 Å². The number of carbonyl (C=O) groups is 2. The fraction of sp³-hybridized carbons (Fsp3) is 0.667. The molecule has 1 saturated carbocycles. The third-order valence-corrected chi connectivity index (χ3v) is 3.73. The van der Waals surface area contributed by atoms with E-state index >= 15 is 0 Å². The van der Waals surface area contributed by atoms with Crippen molar-refractivity contribution in [1.29, 1.82) is 0 Å². The van der Waals surface area contributed by atoms with Crippen LogP contribution in [0.5, 0.6) is 0 Å². The molecule has 4 unspecified atom stereocenters. The summed E-state index contributed by atoms with van der Waals surface area (Å²) in [5.74, 6) is -0.0000813. The van der Waals surface area contributed by atoms with Crippen LogP contribution >= 0.6 is 0 Å². The minimum atomic E-state index is -0.250. The van der Waals surface area contributed by atoms with Gasteiger partial charge in [-0.2, -0.15) is 0 Å². The number of hydrogen-bond donors (Lipinski definition) is 0. The van der Waals surface area contributed by atoms with E-state index in [0.717, 1.165) is 6.42 Å². The van der Waals surface area contributed by atoms with Crippen molar-refractivity contribution in [2.75, 3.05) is 14.2 Å². The second-order valence-electron chi connectivity index (χ2n) is 4.44. The molecule has 4 heteroatoms. The van der Waals surface area contributed by atoms with Crippen molar-refractivity contribution in [3.05, 3.63) is 12.2 Å². The Labute approximate surface area is 94.6 Å². The fourth-order valence-electron chi connectivity index (χ4n) is 2.96. The molecular weight excluding hydrogens is 208 g/mol. The summed E-state index contributed by atoms with van der Waals surface area (Å²) in [5, 5.41) is 0. The van der Waals surface area contributed by atoms with Crippen molar-refractivity contribution in [2.24, 2.45) is 23.7 Å². The smallest absolute Gasteiger partial charge is 0.309 e. The summed E-state index contributed by atoms with van der Waals surface area (Å²) in [6.45, 7) is 0. The standard InChI is InChI=1S/C12H16O4/c1-15-10(13)6-9-7-3-4-8(5-7)11(9)12(14)16-2/h3-4,7-9,11H,5-6H2,1-2H3. The van der Waals surface area contributed by atoms with Gasteiger partial charge in [0.1, 0.15) is 0 Å². The normalized spacial score (nSPS) is 35.1. The number of carbonyl (C=O) groups excluding carboxylic acids is 2. The van der Waals surface area contributed by atoms with Crippen LogP contribution in [0.4, 0.5) is 0 Å². The molecule has 0 heterocycles. The Morgan fingerprint density at radius 2 is 1.88 bits per heavy atom. The Kier molecular flexibility index (Phi) is 2.99. The lowest BCUT2D eigenvalue weighted by Gasteiger charge is -2.24. The number of allylic oxidation sites excluding steroid dienone is 2. The number of methoxy groups -OCH3 is 2. The van der Waals surface area contributed by atoms with Gasteiger partial charge in [0.05, 0.1) is 20.1 Å². The molecule has 1 fully saturated rings. The monoisotopic (exact) mass is 224 g/mol. The highest BCUT2D eigenvalue weighted by atomic mass is 16.5. The molecule has 0 amide bonds. The maximum Gasteiger partial charge on any atom is 0.309 e. The minimum absolute atomic E-state index is 0.0508. The van der Waals surface area contributed by atoms with Crippen molar-refractivity contribution in [2.45, 2.75) is 12.8 Å². The van der Waals surface area contributed by atoms with E-state index in [1.54, 1.807) is 0 Å². The minimum Gasteiger partial charge on any atom is -0.469 e. The number of hydrogen-bond acceptors (Lipinski definition) is 4. The van der Waals surface area contributed by atoms with Crippen molar-refractivity contribution < 1.29 is 19.1 Å². The van der Waals surface area contributed by atoms with E-state index in [1.165, 1.54) is 14.2 Å². The maximum atomic E-state index is 11.7. The highest BCUT2D eigenvalue weighted by molar-refractivity contribution is 5.76. The molecule has 2 aliphatic carbocycles. The van der Waals surface area contributed by atoms with Crippen LogP contribution in [0.1, 0.15) is 12.8 Å². The first-order valence-corrected chi connectivity index (χ1v) is 5.50. The predicted octanol–water partition coefficient (Wildman–Crippen LogP) is 1.16. The summed E-state index contributed by atoms with van der Waals surface area (Å²) in [4.78, 5) is 23.0. The molecule has 0 aromatic rings.